The fraction of sp³-hybridized carbons (Fsp3) is 0. The van der Waals surface area contributed by atoms with Crippen LogP contribution in [0.25, 0.3) is 6.08 Å². The minimum Gasteiger partial charge on any atom is -0.282 e. The van der Waals surface area contributed by atoms with Crippen molar-refractivity contribution in [1.82, 2.24) is 0 Å². The third-order valence-corrected chi connectivity index (χ3v) is 2.28. The van der Waals surface area contributed by atoms with Gasteiger partial charge in [0, 0.05) is 37.7 Å². The second kappa shape index (κ2) is 5.12. The first-order valence-corrected chi connectivity index (χ1v) is 4.68. The molecule has 0 fully saturated rings. The molecule has 0 unspecified atom stereocenters. The van der Waals surface area contributed by atoms with Crippen LogP contribution in [0, 0.1) is 0 Å². The van der Waals surface area contributed by atoms with Crippen LogP contribution in [0.3, 0.4) is 0 Å². The molecule has 2 radical (unpaired) electrons. The van der Waals surface area contributed by atoms with Gasteiger partial charge in [-0.25, -0.2) is 0 Å². The fourth-order valence-corrected chi connectivity index (χ4v) is 1.26. The molecule has 0 heterocycles. The van der Waals surface area contributed by atoms with Gasteiger partial charge in [0.1, 0.15) is 0 Å². The third kappa shape index (κ3) is 3.79. The van der Waals surface area contributed by atoms with E-state index in [1.165, 1.54) is 12.1 Å². The Bertz CT molecular complexity index is 380. The van der Waals surface area contributed by atoms with Crippen LogP contribution in [0.4, 0.5) is 0 Å². The van der Waals surface area contributed by atoms with Gasteiger partial charge in [-0.05, 0) is 17.7 Å². The molecule has 0 atom stereocenters. The molecule has 0 aliphatic rings. The van der Waals surface area contributed by atoms with Crippen LogP contribution < -0.4 is 0 Å². The molecule has 0 aromatic heterocycles. The van der Waals surface area contributed by atoms with Crippen LogP contribution in [0.1, 0.15) is 5.56 Å². The Balaban J connectivity index is 0.00000144. The fourth-order valence-electron chi connectivity index (χ4n) is 0.776. The van der Waals surface area contributed by atoms with Crippen LogP contribution >= 0.6 is 0 Å². The van der Waals surface area contributed by atoms with Crippen LogP contribution in [0.2, 0.25) is 0 Å². The Labute approximate surface area is 107 Å². The SMILES string of the molecule is C=Cc1ccc(S(=O)(=O)O)cc1.[Ca]. The topological polar surface area (TPSA) is 54.4 Å². The summed E-state index contributed by atoms with van der Waals surface area (Å²) in [4.78, 5) is -0.104. The van der Waals surface area contributed by atoms with E-state index in [0.717, 1.165) is 5.56 Å². The van der Waals surface area contributed by atoms with E-state index in [4.69, 9.17) is 4.55 Å². The second-order valence-electron chi connectivity index (χ2n) is 2.25. The van der Waals surface area contributed by atoms with Crippen LogP contribution in [0.15, 0.2) is 35.7 Å². The Morgan fingerprint density at radius 1 is 1.23 bits per heavy atom. The van der Waals surface area contributed by atoms with Crippen molar-refractivity contribution in [1.29, 1.82) is 0 Å². The largest absolute Gasteiger partial charge is 0.294 e. The van der Waals surface area contributed by atoms with Crippen molar-refractivity contribution in [3.63, 3.8) is 0 Å². The molecule has 66 valence electrons. The van der Waals surface area contributed by atoms with Crippen LogP contribution in [0.5, 0.6) is 0 Å². The summed E-state index contributed by atoms with van der Waals surface area (Å²) in [7, 11) is -4.06. The van der Waals surface area contributed by atoms with Gasteiger partial charge in [-0.3, -0.25) is 4.55 Å². The number of benzene rings is 1. The van der Waals surface area contributed by atoms with Gasteiger partial charge in [-0.2, -0.15) is 8.42 Å². The molecule has 1 aromatic rings. The zero-order valence-corrected chi connectivity index (χ0v) is 10.00. The molecular weight excluding hydrogens is 216 g/mol. The molecule has 1 rings (SSSR count). The van der Waals surface area contributed by atoms with Crippen molar-refractivity contribution in [2.45, 2.75) is 4.90 Å². The Morgan fingerprint density at radius 3 is 2.00 bits per heavy atom. The minimum absolute atomic E-state index is 0. The average molecular weight is 224 g/mol. The first-order valence-electron chi connectivity index (χ1n) is 3.24. The third-order valence-electron chi connectivity index (χ3n) is 1.41. The maximum absolute atomic E-state index is 10.6. The van der Waals surface area contributed by atoms with Gasteiger partial charge in [0.25, 0.3) is 10.1 Å². The molecule has 0 aliphatic heterocycles. The summed E-state index contributed by atoms with van der Waals surface area (Å²) >= 11 is 0. The minimum atomic E-state index is -4.06. The summed E-state index contributed by atoms with van der Waals surface area (Å²) in [5.74, 6) is 0. The Kier molecular flexibility index (Phi) is 5.17. The average Bonchev–Trinajstić information content (AvgIpc) is 2.03. The molecule has 0 spiro atoms. The maximum atomic E-state index is 10.6. The molecule has 0 amide bonds. The molecule has 0 saturated carbocycles. The smallest absolute Gasteiger partial charge is 0.282 e. The van der Waals surface area contributed by atoms with Crippen molar-refractivity contribution in [2.75, 3.05) is 0 Å². The summed E-state index contributed by atoms with van der Waals surface area (Å²) in [5.41, 5.74) is 0.808. The van der Waals surface area contributed by atoms with Crippen molar-refractivity contribution in [2.24, 2.45) is 0 Å². The zero-order valence-electron chi connectivity index (χ0n) is 6.97. The van der Waals surface area contributed by atoms with E-state index < -0.39 is 10.1 Å². The van der Waals surface area contributed by atoms with E-state index in [0.29, 0.717) is 0 Å². The summed E-state index contributed by atoms with van der Waals surface area (Å²) in [6.45, 7) is 3.51. The van der Waals surface area contributed by atoms with E-state index in [-0.39, 0.29) is 42.6 Å². The summed E-state index contributed by atoms with van der Waals surface area (Å²) < 4.78 is 29.7. The second-order valence-corrected chi connectivity index (χ2v) is 3.67. The van der Waals surface area contributed by atoms with Gasteiger partial charge >= 0.3 is 0 Å². The summed E-state index contributed by atoms with van der Waals surface area (Å²) in [5, 5.41) is 0. The van der Waals surface area contributed by atoms with E-state index >= 15 is 0 Å². The summed E-state index contributed by atoms with van der Waals surface area (Å²) in [6, 6.07) is 5.78. The van der Waals surface area contributed by atoms with E-state index in [9.17, 15) is 8.42 Å². The predicted octanol–water partition coefficient (Wildman–Crippen LogP) is 1.20. The number of hydrogen-bond donors (Lipinski definition) is 1. The van der Waals surface area contributed by atoms with E-state index in [1.807, 2.05) is 0 Å². The van der Waals surface area contributed by atoms with Gasteiger partial charge < -0.3 is 0 Å². The van der Waals surface area contributed by atoms with Crippen LogP contribution in [-0.2, 0) is 10.1 Å². The monoisotopic (exact) mass is 224 g/mol. The predicted molar refractivity (Wildman–Crippen MR) is 52.1 cm³/mol. The van der Waals surface area contributed by atoms with E-state index in [2.05, 4.69) is 6.58 Å². The summed E-state index contributed by atoms with van der Waals surface area (Å²) in [6.07, 6.45) is 1.59. The molecule has 3 nitrogen and oxygen atoms in total. The van der Waals surface area contributed by atoms with Crippen LogP contribution in [-0.4, -0.2) is 50.7 Å². The zero-order chi connectivity index (χ0) is 9.19. The molecule has 0 aliphatic carbocycles. The van der Waals surface area contributed by atoms with E-state index in [1.54, 1.807) is 18.2 Å². The quantitative estimate of drug-likeness (QED) is 0.606. The van der Waals surface area contributed by atoms with Crippen molar-refractivity contribution >= 4 is 53.9 Å². The van der Waals surface area contributed by atoms with Crippen molar-refractivity contribution in [3.8, 4) is 0 Å². The molecule has 0 bridgehead atoms. The van der Waals surface area contributed by atoms with Gasteiger partial charge in [0.05, 0.1) is 4.90 Å². The number of rotatable bonds is 2. The Hall–Kier alpha value is 0.130. The molecule has 1 N–H and O–H groups in total. The van der Waals surface area contributed by atoms with Gasteiger partial charge in [0.2, 0.25) is 0 Å². The Morgan fingerprint density at radius 2 is 1.69 bits per heavy atom. The standard InChI is InChI=1S/C8H8O3S.Ca/c1-2-7-3-5-8(6-4-7)12(9,10)11;/h2-6H,1H2,(H,9,10,11);. The van der Waals surface area contributed by atoms with Crippen molar-refractivity contribution in [3.05, 3.63) is 36.4 Å². The normalized spacial score (nSPS) is 10.2. The number of hydrogen-bond acceptors (Lipinski definition) is 2. The molecule has 1 aromatic carbocycles. The van der Waals surface area contributed by atoms with Gasteiger partial charge in [-0.15, -0.1) is 0 Å². The van der Waals surface area contributed by atoms with Gasteiger partial charge in [0.15, 0.2) is 0 Å². The maximum Gasteiger partial charge on any atom is 0.294 e. The van der Waals surface area contributed by atoms with Gasteiger partial charge in [-0.1, -0.05) is 24.8 Å². The molecule has 0 saturated heterocycles. The first-order chi connectivity index (χ1) is 5.54. The molecule has 13 heavy (non-hydrogen) atoms. The molecule has 5 heteroatoms. The molecular formula is C8H8CaO3S. The van der Waals surface area contributed by atoms with Crippen molar-refractivity contribution < 1.29 is 13.0 Å². The first kappa shape index (κ1) is 13.1.